The lowest BCUT2D eigenvalue weighted by Crippen LogP contribution is -2.28. The van der Waals surface area contributed by atoms with Gasteiger partial charge in [0.15, 0.2) is 0 Å². The Kier molecular flexibility index (Phi) is 4.33. The summed E-state index contributed by atoms with van der Waals surface area (Å²) in [6.45, 7) is 4.24. The Labute approximate surface area is 129 Å². The minimum Gasteiger partial charge on any atom is -0.380 e. The Morgan fingerprint density at radius 3 is 2.57 bits per heavy atom. The highest BCUT2D eigenvalue weighted by molar-refractivity contribution is 8.13. The van der Waals surface area contributed by atoms with Crippen molar-refractivity contribution in [2.45, 2.75) is 37.8 Å². The summed E-state index contributed by atoms with van der Waals surface area (Å²) >= 11 is 0. The molecule has 1 fully saturated rings. The second-order valence-corrected chi connectivity index (χ2v) is 8.45. The predicted molar refractivity (Wildman–Crippen MR) is 79.8 cm³/mol. The van der Waals surface area contributed by atoms with Gasteiger partial charge in [0.05, 0.1) is 11.5 Å². The molecule has 1 aromatic rings. The van der Waals surface area contributed by atoms with Gasteiger partial charge in [0.25, 0.3) is 15.0 Å². The third-order valence-corrected chi connectivity index (χ3v) is 5.11. The second-order valence-electron chi connectivity index (χ2n) is 5.91. The number of hydrogen-bond donors (Lipinski definition) is 1. The van der Waals surface area contributed by atoms with Gasteiger partial charge >= 0.3 is 0 Å². The van der Waals surface area contributed by atoms with Gasteiger partial charge in [-0.3, -0.25) is 4.79 Å². The molecule has 1 unspecified atom stereocenters. The number of methoxy groups -OCH3 is 1. The molecule has 1 aliphatic carbocycles. The summed E-state index contributed by atoms with van der Waals surface area (Å²) in [5, 5.41) is 2.88. The van der Waals surface area contributed by atoms with E-state index in [2.05, 4.69) is 19.2 Å². The summed E-state index contributed by atoms with van der Waals surface area (Å²) in [7, 11) is 2.95. The molecular weight excluding hydrogens is 314 g/mol. The van der Waals surface area contributed by atoms with E-state index in [1.807, 2.05) is 0 Å². The van der Waals surface area contributed by atoms with Crippen LogP contribution in [0, 0.1) is 5.41 Å². The minimum atomic E-state index is -3.94. The molecule has 0 saturated heterocycles. The Morgan fingerprint density at radius 1 is 1.48 bits per heavy atom. The number of hydrogen-bond acceptors (Lipinski definition) is 4. The van der Waals surface area contributed by atoms with Gasteiger partial charge in [-0.05, 0) is 29.5 Å². The van der Waals surface area contributed by atoms with Gasteiger partial charge in [-0.15, -0.1) is 0 Å². The minimum absolute atomic E-state index is 0.0891. The van der Waals surface area contributed by atoms with E-state index < -0.39 is 9.05 Å². The van der Waals surface area contributed by atoms with Gasteiger partial charge in [0.1, 0.15) is 0 Å². The van der Waals surface area contributed by atoms with Crippen LogP contribution in [0.25, 0.3) is 0 Å². The molecule has 1 aliphatic rings. The Morgan fingerprint density at radius 2 is 2.10 bits per heavy atom. The van der Waals surface area contributed by atoms with E-state index in [0.29, 0.717) is 5.56 Å². The van der Waals surface area contributed by atoms with E-state index in [0.717, 1.165) is 6.42 Å². The van der Waals surface area contributed by atoms with Crippen molar-refractivity contribution in [1.82, 2.24) is 5.32 Å². The number of carbonyl (C=O) groups is 1. The van der Waals surface area contributed by atoms with Crippen LogP contribution in [-0.4, -0.2) is 27.5 Å². The zero-order chi connectivity index (χ0) is 15.8. The van der Waals surface area contributed by atoms with Crippen molar-refractivity contribution in [1.29, 1.82) is 0 Å². The fourth-order valence-electron chi connectivity index (χ4n) is 2.15. The highest BCUT2D eigenvalue weighted by Crippen LogP contribution is 2.44. The first kappa shape index (κ1) is 16.3. The first-order valence-corrected chi connectivity index (χ1v) is 8.83. The lowest BCUT2D eigenvalue weighted by molar-refractivity contribution is 0.0946. The lowest BCUT2D eigenvalue weighted by atomic mass is 10.1. The number of carbonyl (C=O) groups excluding carboxylic acids is 1. The van der Waals surface area contributed by atoms with Gasteiger partial charge in [0, 0.05) is 29.4 Å². The van der Waals surface area contributed by atoms with Crippen molar-refractivity contribution < 1.29 is 17.9 Å². The molecule has 7 heteroatoms. The van der Waals surface area contributed by atoms with Gasteiger partial charge < -0.3 is 10.1 Å². The fourth-order valence-corrected chi connectivity index (χ4v) is 3.29. The van der Waals surface area contributed by atoms with Crippen molar-refractivity contribution in [3.63, 3.8) is 0 Å². The molecule has 21 heavy (non-hydrogen) atoms. The second kappa shape index (κ2) is 5.59. The summed E-state index contributed by atoms with van der Waals surface area (Å²) in [4.78, 5) is 12.1. The summed E-state index contributed by atoms with van der Waals surface area (Å²) in [5.74, 6) is -0.295. The first-order valence-electron chi connectivity index (χ1n) is 6.52. The molecule has 0 aliphatic heterocycles. The average molecular weight is 332 g/mol. The number of amides is 1. The largest absolute Gasteiger partial charge is 0.380 e. The van der Waals surface area contributed by atoms with E-state index in [1.54, 1.807) is 12.1 Å². The van der Waals surface area contributed by atoms with Crippen LogP contribution in [0.2, 0.25) is 0 Å². The third-order valence-electron chi connectivity index (χ3n) is 3.71. The fraction of sp³-hybridized carbons (Fsp3) is 0.500. The zero-order valence-corrected chi connectivity index (χ0v) is 13.7. The smallest absolute Gasteiger partial charge is 0.261 e. The number of rotatable bonds is 5. The molecular formula is C14H18ClNO4S. The third kappa shape index (κ3) is 3.75. The molecule has 1 saturated carbocycles. The molecule has 2 rings (SSSR count). The summed E-state index contributed by atoms with van der Waals surface area (Å²) in [6.07, 6.45) is 0.918. The van der Waals surface area contributed by atoms with Crippen molar-refractivity contribution in [3.8, 4) is 0 Å². The summed E-state index contributed by atoms with van der Waals surface area (Å²) < 4.78 is 28.2. The Balaban J connectivity index is 2.27. The van der Waals surface area contributed by atoms with Gasteiger partial charge in [-0.2, -0.15) is 0 Å². The Bertz CT molecular complexity index is 670. The van der Waals surface area contributed by atoms with Gasteiger partial charge in [-0.25, -0.2) is 8.42 Å². The SMILES string of the molecule is COCc1ccc(C(=O)NC2CC2(C)C)cc1S(=O)(=O)Cl. The normalized spacial score (nSPS) is 20.1. The van der Waals surface area contributed by atoms with Crippen LogP contribution in [0.4, 0.5) is 0 Å². The van der Waals surface area contributed by atoms with E-state index in [1.165, 1.54) is 13.2 Å². The van der Waals surface area contributed by atoms with Crippen LogP contribution < -0.4 is 5.32 Å². The molecule has 0 radical (unpaired) electrons. The molecule has 5 nitrogen and oxygen atoms in total. The summed E-state index contributed by atoms with van der Waals surface area (Å²) in [5.41, 5.74) is 0.806. The highest BCUT2D eigenvalue weighted by atomic mass is 35.7. The van der Waals surface area contributed by atoms with Crippen LogP contribution in [0.3, 0.4) is 0 Å². The van der Waals surface area contributed by atoms with Crippen LogP contribution in [0.1, 0.15) is 36.2 Å². The van der Waals surface area contributed by atoms with Crippen LogP contribution in [0.5, 0.6) is 0 Å². The average Bonchev–Trinajstić information content (AvgIpc) is 2.95. The summed E-state index contributed by atoms with van der Waals surface area (Å²) in [6, 6.07) is 4.54. The molecule has 116 valence electrons. The quantitative estimate of drug-likeness (QED) is 0.840. The molecule has 0 bridgehead atoms. The maximum Gasteiger partial charge on any atom is 0.261 e. The zero-order valence-electron chi connectivity index (χ0n) is 12.1. The number of nitrogens with one attached hydrogen (secondary N) is 1. The van der Waals surface area contributed by atoms with E-state index in [-0.39, 0.29) is 34.4 Å². The van der Waals surface area contributed by atoms with Crippen molar-refractivity contribution >= 4 is 25.6 Å². The van der Waals surface area contributed by atoms with E-state index >= 15 is 0 Å². The molecule has 0 aromatic heterocycles. The maximum atomic E-state index is 12.2. The number of halogens is 1. The van der Waals surface area contributed by atoms with Crippen molar-refractivity contribution in [2.75, 3.05) is 7.11 Å². The van der Waals surface area contributed by atoms with Gasteiger partial charge in [0.2, 0.25) is 0 Å². The predicted octanol–water partition coefficient (Wildman–Crippen LogP) is 2.29. The van der Waals surface area contributed by atoms with E-state index in [9.17, 15) is 13.2 Å². The number of ether oxygens (including phenoxy) is 1. The van der Waals surface area contributed by atoms with E-state index in [4.69, 9.17) is 15.4 Å². The number of benzene rings is 1. The van der Waals surface area contributed by atoms with Crippen LogP contribution in [0.15, 0.2) is 23.1 Å². The first-order chi connectivity index (χ1) is 9.65. The highest BCUT2D eigenvalue weighted by Gasteiger charge is 2.46. The maximum absolute atomic E-state index is 12.2. The molecule has 1 amide bonds. The molecule has 1 atom stereocenters. The van der Waals surface area contributed by atoms with Crippen molar-refractivity contribution in [3.05, 3.63) is 29.3 Å². The van der Waals surface area contributed by atoms with Crippen LogP contribution in [-0.2, 0) is 20.4 Å². The molecule has 1 aromatic carbocycles. The van der Waals surface area contributed by atoms with Gasteiger partial charge in [-0.1, -0.05) is 19.9 Å². The van der Waals surface area contributed by atoms with Crippen molar-refractivity contribution in [2.24, 2.45) is 5.41 Å². The monoisotopic (exact) mass is 331 g/mol. The Hall–Kier alpha value is -1.11. The molecule has 0 heterocycles. The topological polar surface area (TPSA) is 72.5 Å². The van der Waals surface area contributed by atoms with Crippen LogP contribution >= 0.6 is 10.7 Å². The lowest BCUT2D eigenvalue weighted by Gasteiger charge is -2.10. The molecule has 0 spiro atoms. The standard InChI is InChI=1S/C14H18ClNO4S/c1-14(2)7-12(14)16-13(17)9-4-5-10(8-20-3)11(6-9)21(15,18)19/h4-6,12H,7-8H2,1-3H3,(H,16,17). The molecule has 1 N–H and O–H groups in total.